The van der Waals surface area contributed by atoms with Gasteiger partial charge in [-0.05, 0) is 61.0 Å². The number of carbonyl (C=O) groups excluding carboxylic acids is 1. The van der Waals surface area contributed by atoms with Gasteiger partial charge in [0.1, 0.15) is 22.4 Å². The average molecular weight is 467 g/mol. The summed E-state index contributed by atoms with van der Waals surface area (Å²) in [7, 11) is 0. The van der Waals surface area contributed by atoms with E-state index < -0.39 is 0 Å². The Hall–Kier alpha value is -2.50. The molecule has 0 aliphatic heterocycles. The predicted octanol–water partition coefficient (Wildman–Crippen LogP) is 4.67. The van der Waals surface area contributed by atoms with Crippen molar-refractivity contribution in [2.75, 3.05) is 5.32 Å². The van der Waals surface area contributed by atoms with Gasteiger partial charge in [-0.2, -0.15) is 5.26 Å². The maximum atomic E-state index is 13.3. The van der Waals surface area contributed by atoms with Gasteiger partial charge in [0.05, 0.1) is 17.3 Å². The number of hydrogen-bond acceptors (Lipinski definition) is 6. The molecule has 3 heterocycles. The van der Waals surface area contributed by atoms with Gasteiger partial charge in [0, 0.05) is 9.75 Å². The minimum Gasteiger partial charge on any atom is -0.315 e. The molecule has 5 rings (SSSR count). The Morgan fingerprint density at radius 1 is 1.25 bits per heavy atom. The molecule has 0 spiro atoms. The van der Waals surface area contributed by atoms with Gasteiger partial charge in [-0.15, -0.1) is 22.7 Å². The van der Waals surface area contributed by atoms with Crippen molar-refractivity contribution in [3.8, 4) is 6.07 Å². The van der Waals surface area contributed by atoms with E-state index in [4.69, 9.17) is 0 Å². The Kier molecular flexibility index (Phi) is 5.22. The number of thiophene rings is 2. The number of fused-ring (bicyclic) bond motifs is 4. The number of anilines is 1. The first-order valence-corrected chi connectivity index (χ1v) is 12.7. The van der Waals surface area contributed by atoms with Crippen LogP contribution in [0.2, 0.25) is 0 Å². The summed E-state index contributed by atoms with van der Waals surface area (Å²) in [6.45, 7) is 6.73. The van der Waals surface area contributed by atoms with Crippen molar-refractivity contribution in [1.29, 1.82) is 5.26 Å². The zero-order valence-corrected chi connectivity index (χ0v) is 20.2. The van der Waals surface area contributed by atoms with Crippen molar-refractivity contribution in [3.05, 3.63) is 43.1 Å². The van der Waals surface area contributed by atoms with Crippen molar-refractivity contribution < 1.29 is 4.79 Å². The summed E-state index contributed by atoms with van der Waals surface area (Å²) in [4.78, 5) is 33.8. The van der Waals surface area contributed by atoms with E-state index in [0.29, 0.717) is 21.9 Å². The van der Waals surface area contributed by atoms with Crippen LogP contribution in [-0.2, 0) is 37.0 Å². The molecule has 0 aromatic carbocycles. The summed E-state index contributed by atoms with van der Waals surface area (Å²) in [6, 6.07) is 2.24. The topological polar surface area (TPSA) is 87.8 Å². The van der Waals surface area contributed by atoms with Crippen molar-refractivity contribution >= 4 is 43.8 Å². The number of nitriles is 1. The largest absolute Gasteiger partial charge is 0.315 e. The standard InChI is InChI=1S/C24H26N4O2S2/c1-24(2,3)13-7-8-15-18(9-13)32-22-20(15)23(30)28(12-26-22)11-19(29)27-21-16(10-25)14-5-4-6-17(14)31-21/h12-13H,4-9,11H2,1-3H3,(H,27,29). The highest BCUT2D eigenvalue weighted by atomic mass is 32.1. The van der Waals surface area contributed by atoms with Gasteiger partial charge in [-0.3, -0.25) is 14.2 Å². The van der Waals surface area contributed by atoms with Gasteiger partial charge in [-0.1, -0.05) is 20.8 Å². The molecule has 0 saturated carbocycles. The van der Waals surface area contributed by atoms with Crippen molar-refractivity contribution in [3.63, 3.8) is 0 Å². The summed E-state index contributed by atoms with van der Waals surface area (Å²) >= 11 is 3.11. The number of nitrogens with zero attached hydrogens (tertiary/aromatic N) is 3. The van der Waals surface area contributed by atoms with Crippen molar-refractivity contribution in [2.45, 2.75) is 65.8 Å². The Morgan fingerprint density at radius 3 is 2.81 bits per heavy atom. The molecule has 3 aromatic heterocycles. The molecule has 3 aromatic rings. The first-order chi connectivity index (χ1) is 15.3. The lowest BCUT2D eigenvalue weighted by molar-refractivity contribution is -0.116. The first kappa shape index (κ1) is 21.4. The molecule has 166 valence electrons. The third-order valence-corrected chi connectivity index (χ3v) is 9.23. The molecule has 1 unspecified atom stereocenters. The number of nitrogens with one attached hydrogen (secondary N) is 1. The van der Waals surface area contributed by atoms with Crippen LogP contribution in [0.1, 0.15) is 60.1 Å². The molecule has 6 nitrogen and oxygen atoms in total. The van der Waals surface area contributed by atoms with Crippen LogP contribution in [0.5, 0.6) is 0 Å². The lowest BCUT2D eigenvalue weighted by atomic mass is 9.72. The molecule has 2 aliphatic carbocycles. The molecular formula is C24H26N4O2S2. The first-order valence-electron chi connectivity index (χ1n) is 11.1. The fraction of sp³-hybridized carbons (Fsp3) is 0.500. The molecule has 32 heavy (non-hydrogen) atoms. The maximum absolute atomic E-state index is 13.3. The molecule has 0 fully saturated rings. The van der Waals surface area contributed by atoms with E-state index >= 15 is 0 Å². The van der Waals surface area contributed by atoms with Gasteiger partial charge in [-0.25, -0.2) is 4.98 Å². The molecule has 0 saturated heterocycles. The number of aryl methyl sites for hydroxylation is 2. The van der Waals surface area contributed by atoms with Crippen LogP contribution < -0.4 is 10.9 Å². The highest BCUT2D eigenvalue weighted by molar-refractivity contribution is 7.18. The third kappa shape index (κ3) is 3.57. The molecular weight excluding hydrogens is 440 g/mol. The van der Waals surface area contributed by atoms with Gasteiger partial charge < -0.3 is 5.32 Å². The fourth-order valence-electron chi connectivity index (χ4n) is 4.98. The van der Waals surface area contributed by atoms with Gasteiger partial charge in [0.15, 0.2) is 0 Å². The second-order valence-electron chi connectivity index (χ2n) is 9.89. The normalized spacial score (nSPS) is 17.8. The van der Waals surface area contributed by atoms with Crippen LogP contribution in [0.3, 0.4) is 0 Å². The number of rotatable bonds is 3. The Bertz CT molecular complexity index is 1330. The van der Waals surface area contributed by atoms with E-state index in [1.54, 1.807) is 11.3 Å². The van der Waals surface area contributed by atoms with Crippen molar-refractivity contribution in [2.24, 2.45) is 11.3 Å². The second-order valence-corrected chi connectivity index (χ2v) is 12.1. The summed E-state index contributed by atoms with van der Waals surface area (Å²) in [6.07, 6.45) is 7.33. The SMILES string of the molecule is CC(C)(C)C1CCc2c(sc3ncn(CC(=O)Nc4sc5c(c4C#N)CCC5)c(=O)c23)C1. The van der Waals surface area contributed by atoms with Crippen LogP contribution >= 0.6 is 22.7 Å². The van der Waals surface area contributed by atoms with Crippen LogP contribution in [0.4, 0.5) is 5.00 Å². The monoisotopic (exact) mass is 466 g/mol. The lowest BCUT2D eigenvalue weighted by Crippen LogP contribution is -2.29. The van der Waals surface area contributed by atoms with Crippen LogP contribution in [0, 0.1) is 22.7 Å². The van der Waals surface area contributed by atoms with Gasteiger partial charge in [0.2, 0.25) is 5.91 Å². The minimum atomic E-state index is -0.304. The molecule has 1 N–H and O–H groups in total. The summed E-state index contributed by atoms with van der Waals surface area (Å²) < 4.78 is 1.40. The van der Waals surface area contributed by atoms with E-state index in [2.05, 4.69) is 37.1 Å². The Labute approximate surface area is 194 Å². The van der Waals surface area contributed by atoms with Crippen LogP contribution in [0.25, 0.3) is 10.2 Å². The number of aromatic nitrogens is 2. The smallest absolute Gasteiger partial charge is 0.262 e. The Balaban J connectivity index is 1.40. The molecule has 1 amide bonds. The molecule has 8 heteroatoms. The van der Waals surface area contributed by atoms with Crippen molar-refractivity contribution in [1.82, 2.24) is 9.55 Å². The highest BCUT2D eigenvalue weighted by Gasteiger charge is 2.32. The molecule has 0 radical (unpaired) electrons. The van der Waals surface area contributed by atoms with Gasteiger partial charge in [0.25, 0.3) is 5.56 Å². The van der Waals surface area contributed by atoms with E-state index in [0.717, 1.165) is 54.5 Å². The number of amides is 1. The molecule has 0 bridgehead atoms. The van der Waals surface area contributed by atoms with Crippen LogP contribution in [-0.4, -0.2) is 15.5 Å². The molecule has 1 atom stereocenters. The lowest BCUT2D eigenvalue weighted by Gasteiger charge is -2.33. The van der Waals surface area contributed by atoms with E-state index in [-0.39, 0.29) is 23.4 Å². The van der Waals surface area contributed by atoms with Gasteiger partial charge >= 0.3 is 0 Å². The zero-order chi connectivity index (χ0) is 22.6. The Morgan fingerprint density at radius 2 is 2.06 bits per heavy atom. The summed E-state index contributed by atoms with van der Waals surface area (Å²) in [5.74, 6) is 0.291. The van der Waals surface area contributed by atoms with E-state index in [1.807, 2.05) is 0 Å². The minimum absolute atomic E-state index is 0.107. The number of hydrogen-bond donors (Lipinski definition) is 1. The predicted molar refractivity (Wildman–Crippen MR) is 129 cm³/mol. The second kappa shape index (κ2) is 7.82. The van der Waals surface area contributed by atoms with E-state index in [1.165, 1.54) is 32.0 Å². The quantitative estimate of drug-likeness (QED) is 0.608. The summed E-state index contributed by atoms with van der Waals surface area (Å²) in [5, 5.41) is 13.7. The summed E-state index contributed by atoms with van der Waals surface area (Å²) in [5.41, 5.74) is 2.87. The maximum Gasteiger partial charge on any atom is 0.262 e. The van der Waals surface area contributed by atoms with Crippen LogP contribution in [0.15, 0.2) is 11.1 Å². The fourth-order valence-corrected chi connectivity index (χ4v) is 7.50. The molecule has 2 aliphatic rings. The third-order valence-electron chi connectivity index (χ3n) is 6.86. The zero-order valence-electron chi connectivity index (χ0n) is 18.6. The average Bonchev–Trinajstić information content (AvgIpc) is 3.41. The highest BCUT2D eigenvalue weighted by Crippen LogP contribution is 2.42. The number of carbonyl (C=O) groups is 1. The van der Waals surface area contributed by atoms with E-state index in [9.17, 15) is 14.9 Å².